The average molecular weight is 489 g/mol. The van der Waals surface area contributed by atoms with E-state index in [1.807, 2.05) is 0 Å². The summed E-state index contributed by atoms with van der Waals surface area (Å²) in [5, 5.41) is 19.0. The minimum atomic E-state index is -1.37. The molecule has 0 unspecified atom stereocenters. The first-order valence-corrected chi connectivity index (χ1v) is 14.2. The zero-order chi connectivity index (χ0) is 26.9. The molecule has 0 radical (unpaired) electrons. The van der Waals surface area contributed by atoms with Crippen molar-refractivity contribution in [1.29, 1.82) is 0 Å². The second-order valence-electron chi connectivity index (χ2n) is 9.72. The molecule has 0 atom stereocenters. The number of carboxylic acid groups (broad SMARTS) is 2. The summed E-state index contributed by atoms with van der Waals surface area (Å²) in [5.74, 6) is -2.73. The SMILES string of the molecule is CCC[N+](CCC)(CCC)CCC.CCC[N+](CCC)(CCC)CCC.O=C([O-])CCC(=O)[O-]. The van der Waals surface area contributed by atoms with Gasteiger partial charge in [-0.25, -0.2) is 0 Å². The van der Waals surface area contributed by atoms with E-state index in [4.69, 9.17) is 0 Å². The van der Waals surface area contributed by atoms with Crippen LogP contribution < -0.4 is 10.2 Å². The Morgan fingerprint density at radius 1 is 0.412 bits per heavy atom. The smallest absolute Gasteiger partial charge is 0.0783 e. The van der Waals surface area contributed by atoms with Crippen LogP contribution in [0.15, 0.2) is 0 Å². The van der Waals surface area contributed by atoms with Crippen molar-refractivity contribution in [3.63, 3.8) is 0 Å². The van der Waals surface area contributed by atoms with Crippen LogP contribution in [-0.2, 0) is 9.59 Å². The minimum Gasteiger partial charge on any atom is -0.550 e. The molecule has 0 rings (SSSR count). The van der Waals surface area contributed by atoms with Crippen LogP contribution in [-0.4, -0.2) is 73.3 Å². The largest absolute Gasteiger partial charge is 0.550 e. The first kappa shape index (κ1) is 37.4. The van der Waals surface area contributed by atoms with Crippen molar-refractivity contribution >= 4 is 11.9 Å². The maximum atomic E-state index is 9.50. The maximum Gasteiger partial charge on any atom is 0.0783 e. The molecule has 0 aliphatic carbocycles. The first-order chi connectivity index (χ1) is 16.1. The quantitative estimate of drug-likeness (QED) is 0.256. The molecule has 206 valence electrons. The van der Waals surface area contributed by atoms with Gasteiger partial charge in [0.25, 0.3) is 0 Å². The van der Waals surface area contributed by atoms with Gasteiger partial charge in [-0.2, -0.15) is 0 Å². The van der Waals surface area contributed by atoms with Gasteiger partial charge in [0, 0.05) is 11.9 Å². The number of quaternary nitrogens is 2. The number of hydrogen-bond acceptors (Lipinski definition) is 4. The van der Waals surface area contributed by atoms with Gasteiger partial charge in [-0.15, -0.1) is 0 Å². The third-order valence-corrected chi connectivity index (χ3v) is 6.12. The van der Waals surface area contributed by atoms with Crippen LogP contribution in [0.5, 0.6) is 0 Å². The van der Waals surface area contributed by atoms with Crippen molar-refractivity contribution in [2.75, 3.05) is 52.4 Å². The topological polar surface area (TPSA) is 80.3 Å². The predicted molar refractivity (Wildman–Crippen MR) is 141 cm³/mol. The number of carbonyl (C=O) groups excluding carboxylic acids is 2. The third-order valence-electron chi connectivity index (χ3n) is 6.12. The summed E-state index contributed by atoms with van der Waals surface area (Å²) >= 11 is 0. The summed E-state index contributed by atoms with van der Waals surface area (Å²) in [6, 6.07) is 0. The highest BCUT2D eigenvalue weighted by atomic mass is 16.4. The maximum absolute atomic E-state index is 9.50. The van der Waals surface area contributed by atoms with E-state index in [1.165, 1.54) is 113 Å². The highest BCUT2D eigenvalue weighted by molar-refractivity contribution is 5.72. The van der Waals surface area contributed by atoms with Gasteiger partial charge in [0.15, 0.2) is 0 Å². The Hall–Kier alpha value is -1.14. The van der Waals surface area contributed by atoms with Crippen molar-refractivity contribution in [2.45, 2.75) is 120 Å². The average Bonchev–Trinajstić information content (AvgIpc) is 2.75. The highest BCUT2D eigenvalue weighted by Gasteiger charge is 2.23. The summed E-state index contributed by atoms with van der Waals surface area (Å²) in [4.78, 5) is 19.0. The lowest BCUT2D eigenvalue weighted by Crippen LogP contribution is -2.50. The number of aliphatic carboxylic acids is 2. The lowest BCUT2D eigenvalue weighted by Gasteiger charge is -2.38. The Kier molecular flexibility index (Phi) is 27.5. The lowest BCUT2D eigenvalue weighted by molar-refractivity contribution is -0.928. The Labute approximate surface area is 212 Å². The molecule has 6 heteroatoms. The zero-order valence-electron chi connectivity index (χ0n) is 24.3. The molecule has 0 heterocycles. The van der Waals surface area contributed by atoms with E-state index in [0.29, 0.717) is 0 Å². The van der Waals surface area contributed by atoms with Crippen LogP contribution >= 0.6 is 0 Å². The van der Waals surface area contributed by atoms with Gasteiger partial charge < -0.3 is 28.8 Å². The fourth-order valence-electron chi connectivity index (χ4n) is 5.34. The summed E-state index contributed by atoms with van der Waals surface area (Å²) in [5.41, 5.74) is 0. The Bertz CT molecular complexity index is 368. The second-order valence-corrected chi connectivity index (χ2v) is 9.72. The molecule has 0 spiro atoms. The second kappa shape index (κ2) is 25.0. The fraction of sp³-hybridized carbons (Fsp3) is 0.929. The van der Waals surface area contributed by atoms with Gasteiger partial charge in [0.2, 0.25) is 0 Å². The standard InChI is InChI=1S/2C12H28N.C4H6O4/c2*1-5-9-13(10-6-2,11-7-3)12-8-4;5-3(6)1-2-4(7)8/h2*5-12H2,1-4H3;1-2H2,(H,5,6)(H,7,8)/q2*+1;/p-2. The molecule has 0 saturated carbocycles. The molecule has 0 bridgehead atoms. The van der Waals surface area contributed by atoms with E-state index in [9.17, 15) is 19.8 Å². The number of rotatable bonds is 19. The van der Waals surface area contributed by atoms with E-state index < -0.39 is 24.8 Å². The van der Waals surface area contributed by atoms with Gasteiger partial charge in [0.05, 0.1) is 52.4 Å². The van der Waals surface area contributed by atoms with Crippen LogP contribution in [0.3, 0.4) is 0 Å². The molecule has 6 nitrogen and oxygen atoms in total. The van der Waals surface area contributed by atoms with Crippen LogP contribution in [0.4, 0.5) is 0 Å². The van der Waals surface area contributed by atoms with E-state index >= 15 is 0 Å². The number of carboxylic acids is 2. The van der Waals surface area contributed by atoms with Gasteiger partial charge in [0.1, 0.15) is 0 Å². The van der Waals surface area contributed by atoms with Crippen molar-refractivity contribution < 1.29 is 28.8 Å². The van der Waals surface area contributed by atoms with Gasteiger partial charge >= 0.3 is 0 Å². The number of hydrogen-bond donors (Lipinski definition) is 0. The monoisotopic (exact) mass is 488 g/mol. The first-order valence-electron chi connectivity index (χ1n) is 14.2. The van der Waals surface area contributed by atoms with Crippen molar-refractivity contribution in [3.05, 3.63) is 0 Å². The molecule has 0 amide bonds. The molecule has 0 aliphatic heterocycles. The van der Waals surface area contributed by atoms with Crippen LogP contribution in [0, 0.1) is 0 Å². The Balaban J connectivity index is -0.000000438. The minimum absolute atomic E-state index is 0.470. The fourth-order valence-corrected chi connectivity index (χ4v) is 5.34. The van der Waals surface area contributed by atoms with E-state index in [1.54, 1.807) is 0 Å². The molecule has 34 heavy (non-hydrogen) atoms. The Morgan fingerprint density at radius 3 is 0.647 bits per heavy atom. The predicted octanol–water partition coefficient (Wildman–Crippen LogP) is 4.15. The molecular formula is C28H60N2O4. The molecule has 0 fully saturated rings. The molecule has 0 N–H and O–H groups in total. The van der Waals surface area contributed by atoms with Crippen molar-refractivity contribution in [3.8, 4) is 0 Å². The summed E-state index contributed by atoms with van der Waals surface area (Å²) < 4.78 is 2.75. The molecule has 0 aliphatic rings. The zero-order valence-corrected chi connectivity index (χ0v) is 24.3. The van der Waals surface area contributed by atoms with Crippen LogP contribution in [0.2, 0.25) is 0 Å². The molecule has 0 saturated heterocycles. The summed E-state index contributed by atoms with van der Waals surface area (Å²) in [7, 11) is 0. The van der Waals surface area contributed by atoms with Crippen LogP contribution in [0.1, 0.15) is 120 Å². The Morgan fingerprint density at radius 2 is 0.559 bits per heavy atom. The summed E-state index contributed by atoms with van der Waals surface area (Å²) in [6.07, 6.45) is 9.73. The van der Waals surface area contributed by atoms with E-state index in [0.717, 1.165) is 0 Å². The van der Waals surface area contributed by atoms with Crippen molar-refractivity contribution in [2.24, 2.45) is 0 Å². The van der Waals surface area contributed by atoms with Crippen molar-refractivity contribution in [1.82, 2.24) is 0 Å². The highest BCUT2D eigenvalue weighted by Crippen LogP contribution is 2.13. The van der Waals surface area contributed by atoms with Gasteiger partial charge in [-0.05, 0) is 64.2 Å². The lowest BCUT2D eigenvalue weighted by atomic mass is 10.2. The molecular weight excluding hydrogens is 428 g/mol. The van der Waals surface area contributed by atoms with E-state index in [-0.39, 0.29) is 0 Å². The van der Waals surface area contributed by atoms with E-state index in [2.05, 4.69) is 55.4 Å². The molecule has 0 aromatic rings. The van der Waals surface area contributed by atoms with Crippen LogP contribution in [0.25, 0.3) is 0 Å². The number of nitrogens with zero attached hydrogens (tertiary/aromatic N) is 2. The molecule has 0 aromatic carbocycles. The number of carbonyl (C=O) groups is 2. The summed E-state index contributed by atoms with van der Waals surface area (Å²) in [6.45, 7) is 29.6. The van der Waals surface area contributed by atoms with Gasteiger partial charge in [-0.3, -0.25) is 0 Å². The molecule has 0 aromatic heterocycles. The third kappa shape index (κ3) is 21.4. The normalized spacial score (nSPS) is 11.2. The van der Waals surface area contributed by atoms with Gasteiger partial charge in [-0.1, -0.05) is 55.4 Å².